The molecule has 1 unspecified atom stereocenters. The van der Waals surface area contributed by atoms with Gasteiger partial charge in [0.15, 0.2) is 11.5 Å². The van der Waals surface area contributed by atoms with Crippen molar-refractivity contribution in [2.24, 2.45) is 11.7 Å². The topological polar surface area (TPSA) is 69.1 Å². The maximum Gasteiger partial charge on any atom is 0.177 e. The summed E-state index contributed by atoms with van der Waals surface area (Å²) in [6, 6.07) is 3.82. The Morgan fingerprint density at radius 1 is 1.40 bits per heavy atom. The van der Waals surface area contributed by atoms with Gasteiger partial charge in [0.1, 0.15) is 0 Å². The Labute approximate surface area is 87.3 Å². The van der Waals surface area contributed by atoms with E-state index in [0.717, 1.165) is 17.2 Å². The van der Waals surface area contributed by atoms with E-state index < -0.39 is 0 Å². The van der Waals surface area contributed by atoms with Crippen LogP contribution in [0.5, 0.6) is 0 Å². The Bertz CT molecular complexity index is 499. The van der Waals surface area contributed by atoms with Gasteiger partial charge in [-0.25, -0.2) is 0 Å². The largest absolute Gasteiger partial charge is 0.321 e. The lowest BCUT2D eigenvalue weighted by Crippen LogP contribution is -2.17. The van der Waals surface area contributed by atoms with Crippen LogP contribution >= 0.6 is 0 Å². The van der Waals surface area contributed by atoms with Crippen LogP contribution in [0.4, 0.5) is 0 Å². The lowest BCUT2D eigenvalue weighted by atomic mass is 10.2. The lowest BCUT2D eigenvalue weighted by molar-refractivity contribution is 0.573. The van der Waals surface area contributed by atoms with Crippen molar-refractivity contribution in [3.05, 3.63) is 23.7 Å². The van der Waals surface area contributed by atoms with Gasteiger partial charge in [-0.15, -0.1) is 10.2 Å². The first kappa shape index (κ1) is 8.79. The summed E-state index contributed by atoms with van der Waals surface area (Å²) >= 11 is 0. The smallest absolute Gasteiger partial charge is 0.177 e. The second kappa shape index (κ2) is 3.00. The summed E-state index contributed by atoms with van der Waals surface area (Å²) in [5, 5.41) is 12.6. The maximum absolute atomic E-state index is 6.10. The van der Waals surface area contributed by atoms with Gasteiger partial charge in [-0.2, -0.15) is 9.61 Å². The minimum Gasteiger partial charge on any atom is -0.321 e. The Morgan fingerprint density at radius 2 is 2.20 bits per heavy atom. The molecule has 2 heterocycles. The van der Waals surface area contributed by atoms with Gasteiger partial charge in [0.05, 0.1) is 11.7 Å². The van der Waals surface area contributed by atoms with Crippen LogP contribution in [0, 0.1) is 12.8 Å². The average molecular weight is 203 g/mol. The van der Waals surface area contributed by atoms with Gasteiger partial charge in [0, 0.05) is 0 Å². The molecule has 0 radical (unpaired) electrons. The molecule has 1 saturated carbocycles. The highest BCUT2D eigenvalue weighted by atomic mass is 15.4. The number of hydrogen-bond donors (Lipinski definition) is 1. The first-order valence-corrected chi connectivity index (χ1v) is 5.20. The van der Waals surface area contributed by atoms with Crippen molar-refractivity contribution in [1.82, 2.24) is 19.8 Å². The van der Waals surface area contributed by atoms with Crippen molar-refractivity contribution < 1.29 is 0 Å². The Morgan fingerprint density at radius 3 is 2.93 bits per heavy atom. The van der Waals surface area contributed by atoms with Crippen LogP contribution in [0.3, 0.4) is 0 Å². The van der Waals surface area contributed by atoms with Crippen molar-refractivity contribution in [2.75, 3.05) is 0 Å². The van der Waals surface area contributed by atoms with Gasteiger partial charge in [-0.1, -0.05) is 0 Å². The lowest BCUT2D eigenvalue weighted by Gasteiger charge is -2.06. The van der Waals surface area contributed by atoms with Crippen LogP contribution in [0.2, 0.25) is 0 Å². The third kappa shape index (κ3) is 1.39. The van der Waals surface area contributed by atoms with Crippen LogP contribution in [-0.2, 0) is 0 Å². The predicted octanol–water partition coefficient (Wildman–Crippen LogP) is 0.843. The fourth-order valence-electron chi connectivity index (χ4n) is 1.77. The minimum atomic E-state index is -0.0192. The summed E-state index contributed by atoms with van der Waals surface area (Å²) in [4.78, 5) is 0. The second-order valence-corrected chi connectivity index (χ2v) is 4.17. The molecule has 0 spiro atoms. The van der Waals surface area contributed by atoms with E-state index in [9.17, 15) is 0 Å². The molecule has 2 aromatic rings. The second-order valence-electron chi connectivity index (χ2n) is 4.17. The van der Waals surface area contributed by atoms with Crippen LogP contribution in [0.25, 0.3) is 5.65 Å². The highest BCUT2D eigenvalue weighted by Gasteiger charge is 2.32. The van der Waals surface area contributed by atoms with Crippen LogP contribution in [0.15, 0.2) is 12.1 Å². The van der Waals surface area contributed by atoms with Crippen molar-refractivity contribution in [1.29, 1.82) is 0 Å². The van der Waals surface area contributed by atoms with E-state index in [1.54, 1.807) is 4.52 Å². The zero-order chi connectivity index (χ0) is 10.4. The minimum absolute atomic E-state index is 0.0192. The molecule has 1 fully saturated rings. The third-order valence-electron chi connectivity index (χ3n) is 2.85. The van der Waals surface area contributed by atoms with E-state index in [-0.39, 0.29) is 6.04 Å². The monoisotopic (exact) mass is 203 g/mol. The van der Waals surface area contributed by atoms with Crippen molar-refractivity contribution in [3.8, 4) is 0 Å². The highest BCUT2D eigenvalue weighted by molar-refractivity contribution is 5.36. The zero-order valence-electron chi connectivity index (χ0n) is 8.59. The molecule has 78 valence electrons. The summed E-state index contributed by atoms with van der Waals surface area (Å²) in [7, 11) is 0. The third-order valence-corrected chi connectivity index (χ3v) is 2.85. The Hall–Kier alpha value is -1.49. The summed E-state index contributed by atoms with van der Waals surface area (Å²) in [6.45, 7) is 1.95. The Kier molecular flexibility index (Phi) is 1.76. The van der Waals surface area contributed by atoms with Crippen LogP contribution in [0.1, 0.15) is 30.4 Å². The van der Waals surface area contributed by atoms with Gasteiger partial charge in [0.2, 0.25) is 0 Å². The molecule has 2 aromatic heterocycles. The molecule has 0 aliphatic heterocycles. The van der Waals surface area contributed by atoms with Crippen LogP contribution in [-0.4, -0.2) is 19.8 Å². The molecule has 0 bridgehead atoms. The average Bonchev–Trinajstić information content (AvgIpc) is 2.98. The molecular weight excluding hydrogens is 190 g/mol. The maximum atomic E-state index is 6.10. The summed E-state index contributed by atoms with van der Waals surface area (Å²) < 4.78 is 1.76. The molecule has 5 heteroatoms. The normalized spacial score (nSPS) is 18.3. The SMILES string of the molecule is Cc1ccc2nnc(C(N)C3CC3)n2n1. The van der Waals surface area contributed by atoms with Crippen molar-refractivity contribution >= 4 is 5.65 Å². The molecule has 15 heavy (non-hydrogen) atoms. The molecule has 0 saturated heterocycles. The Balaban J connectivity index is 2.13. The van der Waals surface area contributed by atoms with E-state index in [0.29, 0.717) is 5.92 Å². The molecule has 3 rings (SSSR count). The molecule has 2 N–H and O–H groups in total. The number of nitrogens with zero attached hydrogens (tertiary/aromatic N) is 4. The van der Waals surface area contributed by atoms with E-state index in [4.69, 9.17) is 5.73 Å². The van der Waals surface area contributed by atoms with Gasteiger partial charge in [-0.05, 0) is 37.8 Å². The number of aromatic nitrogens is 4. The first-order valence-electron chi connectivity index (χ1n) is 5.20. The zero-order valence-corrected chi connectivity index (χ0v) is 8.59. The van der Waals surface area contributed by atoms with Gasteiger partial charge in [-0.3, -0.25) is 0 Å². The summed E-state index contributed by atoms with van der Waals surface area (Å²) in [5.41, 5.74) is 7.82. The van der Waals surface area contributed by atoms with Gasteiger partial charge < -0.3 is 5.73 Å². The molecule has 0 amide bonds. The molecule has 0 aromatic carbocycles. The van der Waals surface area contributed by atoms with Gasteiger partial charge in [0.25, 0.3) is 0 Å². The highest BCUT2D eigenvalue weighted by Crippen LogP contribution is 2.38. The number of fused-ring (bicyclic) bond motifs is 1. The summed E-state index contributed by atoms with van der Waals surface area (Å²) in [6.07, 6.45) is 2.39. The fraction of sp³-hybridized carbons (Fsp3) is 0.500. The standard InChI is InChI=1S/C10H13N5/c1-6-2-5-8-12-13-10(15(8)14-6)9(11)7-3-4-7/h2,5,7,9H,3-4,11H2,1H3. The van der Waals surface area contributed by atoms with E-state index >= 15 is 0 Å². The molecule has 1 aliphatic carbocycles. The number of nitrogens with two attached hydrogens (primary N) is 1. The molecule has 5 nitrogen and oxygen atoms in total. The summed E-state index contributed by atoms with van der Waals surface area (Å²) in [5.74, 6) is 1.36. The predicted molar refractivity (Wildman–Crippen MR) is 55.2 cm³/mol. The number of rotatable bonds is 2. The number of hydrogen-bond acceptors (Lipinski definition) is 4. The van der Waals surface area contributed by atoms with E-state index in [1.165, 1.54) is 12.8 Å². The van der Waals surface area contributed by atoms with Crippen molar-refractivity contribution in [3.63, 3.8) is 0 Å². The molecule has 1 aliphatic rings. The quantitative estimate of drug-likeness (QED) is 0.785. The van der Waals surface area contributed by atoms with E-state index in [2.05, 4.69) is 15.3 Å². The van der Waals surface area contributed by atoms with Gasteiger partial charge >= 0.3 is 0 Å². The molecular formula is C10H13N5. The number of aryl methyl sites for hydroxylation is 1. The first-order chi connectivity index (χ1) is 7.25. The molecule has 1 atom stereocenters. The van der Waals surface area contributed by atoms with E-state index in [1.807, 2.05) is 19.1 Å². The van der Waals surface area contributed by atoms with Crippen molar-refractivity contribution in [2.45, 2.75) is 25.8 Å². The fourth-order valence-corrected chi connectivity index (χ4v) is 1.77. The van der Waals surface area contributed by atoms with Crippen LogP contribution < -0.4 is 5.73 Å².